The Morgan fingerprint density at radius 3 is 2.10 bits per heavy atom. The van der Waals surface area contributed by atoms with Crippen molar-refractivity contribution in [1.29, 1.82) is 0 Å². The highest BCUT2D eigenvalue weighted by Crippen LogP contribution is 2.34. The predicted octanol–water partition coefficient (Wildman–Crippen LogP) is 4.69. The molecule has 0 aromatic heterocycles. The van der Waals surface area contributed by atoms with Crippen LogP contribution in [0.25, 0.3) is 0 Å². The van der Waals surface area contributed by atoms with Crippen molar-refractivity contribution < 1.29 is 14.6 Å². The fraction of sp³-hybridized carbons (Fsp3) is 0.231. The van der Waals surface area contributed by atoms with Gasteiger partial charge in [-0.3, -0.25) is 0 Å². The van der Waals surface area contributed by atoms with Crippen molar-refractivity contribution in [3.05, 3.63) is 95.6 Å². The van der Waals surface area contributed by atoms with E-state index >= 15 is 0 Å². The van der Waals surface area contributed by atoms with Gasteiger partial charge in [-0.1, -0.05) is 66.4 Å². The Morgan fingerprint density at radius 2 is 1.48 bits per heavy atom. The molecule has 0 aliphatic rings. The number of hydrogen-bond acceptors (Lipinski definition) is 3. The Labute approximate surface area is 172 Å². The maximum Gasteiger partial charge on any atom is 0.161 e. The first-order chi connectivity index (χ1) is 14.2. The molecule has 0 saturated heterocycles. The topological polar surface area (TPSA) is 38.7 Å². The summed E-state index contributed by atoms with van der Waals surface area (Å²) in [5.41, 5.74) is 3.13. The van der Waals surface area contributed by atoms with Gasteiger partial charge in [0.1, 0.15) is 0 Å². The summed E-state index contributed by atoms with van der Waals surface area (Å²) in [5, 5.41) is 10.2. The van der Waals surface area contributed by atoms with Crippen molar-refractivity contribution in [2.45, 2.75) is 12.3 Å². The van der Waals surface area contributed by atoms with Crippen molar-refractivity contribution >= 4 is 0 Å². The van der Waals surface area contributed by atoms with Crippen molar-refractivity contribution in [3.63, 3.8) is 0 Å². The van der Waals surface area contributed by atoms with Crippen LogP contribution in [0.2, 0.25) is 0 Å². The van der Waals surface area contributed by atoms with E-state index in [0.29, 0.717) is 11.5 Å². The van der Waals surface area contributed by atoms with Crippen LogP contribution in [0.5, 0.6) is 11.5 Å². The summed E-state index contributed by atoms with van der Waals surface area (Å²) < 4.78 is 10.9. The van der Waals surface area contributed by atoms with Crippen LogP contribution in [0.15, 0.2) is 78.9 Å². The average Bonchev–Trinajstić information content (AvgIpc) is 2.79. The van der Waals surface area contributed by atoms with Crippen molar-refractivity contribution in [2.75, 3.05) is 20.8 Å². The fourth-order valence-electron chi connectivity index (χ4n) is 3.41. The molecule has 29 heavy (non-hydrogen) atoms. The Hall–Kier alpha value is -3.22. The molecule has 0 radical (unpaired) electrons. The molecule has 0 aliphatic heterocycles. The average molecular weight is 386 g/mol. The summed E-state index contributed by atoms with van der Waals surface area (Å²) in [6, 6.07) is 26.0. The number of aliphatic hydroxyl groups excluding tert-OH is 1. The number of aliphatic hydroxyl groups is 1. The Balaban J connectivity index is 2.00. The van der Waals surface area contributed by atoms with Crippen LogP contribution in [0.3, 0.4) is 0 Å². The highest BCUT2D eigenvalue weighted by atomic mass is 16.5. The molecular formula is C26H26O3. The lowest BCUT2D eigenvalue weighted by Gasteiger charge is -2.23. The van der Waals surface area contributed by atoms with E-state index in [9.17, 15) is 5.11 Å². The monoisotopic (exact) mass is 386 g/mol. The third kappa shape index (κ3) is 5.40. The number of benzene rings is 3. The minimum atomic E-state index is -0.153. The first-order valence-electron chi connectivity index (χ1n) is 9.68. The van der Waals surface area contributed by atoms with Crippen molar-refractivity contribution in [3.8, 4) is 23.3 Å². The van der Waals surface area contributed by atoms with E-state index < -0.39 is 0 Å². The molecule has 2 atom stereocenters. The zero-order valence-electron chi connectivity index (χ0n) is 16.8. The zero-order chi connectivity index (χ0) is 20.5. The molecule has 0 saturated carbocycles. The summed E-state index contributed by atoms with van der Waals surface area (Å²) >= 11 is 0. The van der Waals surface area contributed by atoms with Crippen LogP contribution < -0.4 is 9.47 Å². The van der Waals surface area contributed by atoms with E-state index in [-0.39, 0.29) is 18.4 Å². The van der Waals surface area contributed by atoms with E-state index in [1.54, 1.807) is 14.2 Å². The van der Waals surface area contributed by atoms with Crippen LogP contribution in [0, 0.1) is 17.8 Å². The first kappa shape index (κ1) is 20.5. The van der Waals surface area contributed by atoms with E-state index in [4.69, 9.17) is 9.47 Å². The molecule has 3 aromatic carbocycles. The summed E-state index contributed by atoms with van der Waals surface area (Å²) in [4.78, 5) is 0. The molecule has 3 aromatic rings. The SMILES string of the molecule is COc1ccc([C@H](C#Cc2ccccc2)[C@H](CO)Cc2ccccc2)cc1OC. The maximum absolute atomic E-state index is 10.2. The smallest absolute Gasteiger partial charge is 0.161 e. The van der Waals surface area contributed by atoms with Crippen LogP contribution in [0.4, 0.5) is 0 Å². The van der Waals surface area contributed by atoms with Crippen LogP contribution in [0.1, 0.15) is 22.6 Å². The van der Waals surface area contributed by atoms with Gasteiger partial charge in [0, 0.05) is 18.1 Å². The van der Waals surface area contributed by atoms with Gasteiger partial charge in [-0.2, -0.15) is 0 Å². The summed E-state index contributed by atoms with van der Waals surface area (Å²) in [6.07, 6.45) is 0.736. The second kappa shape index (κ2) is 10.4. The predicted molar refractivity (Wildman–Crippen MR) is 116 cm³/mol. The van der Waals surface area contributed by atoms with Gasteiger partial charge in [0.05, 0.1) is 20.1 Å². The van der Waals surface area contributed by atoms with E-state index in [0.717, 1.165) is 17.5 Å². The van der Waals surface area contributed by atoms with Gasteiger partial charge in [0.25, 0.3) is 0 Å². The van der Waals surface area contributed by atoms with Gasteiger partial charge in [-0.15, -0.1) is 0 Å². The molecule has 1 N–H and O–H groups in total. The van der Waals surface area contributed by atoms with Gasteiger partial charge < -0.3 is 14.6 Å². The minimum absolute atomic E-state index is 0.0391. The van der Waals surface area contributed by atoms with Crippen LogP contribution in [-0.2, 0) is 6.42 Å². The second-order valence-corrected chi connectivity index (χ2v) is 6.86. The minimum Gasteiger partial charge on any atom is -0.493 e. The number of hydrogen-bond donors (Lipinski definition) is 1. The molecule has 3 heteroatoms. The molecule has 0 bridgehead atoms. The van der Waals surface area contributed by atoms with Crippen LogP contribution >= 0.6 is 0 Å². The van der Waals surface area contributed by atoms with Gasteiger partial charge in [-0.05, 0) is 41.8 Å². The summed E-state index contributed by atoms with van der Waals surface area (Å²) in [7, 11) is 3.25. The number of methoxy groups -OCH3 is 2. The number of ether oxygens (including phenoxy) is 2. The number of rotatable bonds is 7. The van der Waals surface area contributed by atoms with Gasteiger partial charge in [-0.25, -0.2) is 0 Å². The third-order valence-corrected chi connectivity index (χ3v) is 4.96. The summed E-state index contributed by atoms with van der Waals surface area (Å²) in [5.74, 6) is 7.82. The molecule has 148 valence electrons. The molecule has 0 fully saturated rings. The third-order valence-electron chi connectivity index (χ3n) is 4.96. The Kier molecular flexibility index (Phi) is 7.33. The molecule has 0 aliphatic carbocycles. The zero-order valence-corrected chi connectivity index (χ0v) is 16.8. The lowest BCUT2D eigenvalue weighted by Crippen LogP contribution is -2.19. The van der Waals surface area contributed by atoms with Gasteiger partial charge >= 0.3 is 0 Å². The van der Waals surface area contributed by atoms with E-state index in [1.165, 1.54) is 5.56 Å². The molecule has 0 spiro atoms. The van der Waals surface area contributed by atoms with Gasteiger partial charge in [0.2, 0.25) is 0 Å². The first-order valence-corrected chi connectivity index (χ1v) is 9.68. The lowest BCUT2D eigenvalue weighted by atomic mass is 9.82. The largest absolute Gasteiger partial charge is 0.493 e. The molecule has 3 rings (SSSR count). The van der Waals surface area contributed by atoms with E-state index in [2.05, 4.69) is 24.0 Å². The Bertz CT molecular complexity index is 955. The standard InChI is InChI=1S/C26H26O3/c1-28-25-16-14-22(18-26(25)29-2)24(15-13-20-9-5-3-6-10-20)23(19-27)17-21-11-7-4-8-12-21/h3-12,14,16,18,23-24,27H,17,19H2,1-2H3/t23-,24-/m0/s1. The lowest BCUT2D eigenvalue weighted by molar-refractivity contribution is 0.216. The molecule has 0 unspecified atom stereocenters. The Morgan fingerprint density at radius 1 is 0.828 bits per heavy atom. The molecular weight excluding hydrogens is 360 g/mol. The normalized spacial score (nSPS) is 12.4. The quantitative estimate of drug-likeness (QED) is 0.599. The molecule has 0 amide bonds. The summed E-state index contributed by atoms with van der Waals surface area (Å²) in [6.45, 7) is 0.0391. The van der Waals surface area contributed by atoms with Crippen molar-refractivity contribution in [1.82, 2.24) is 0 Å². The maximum atomic E-state index is 10.2. The van der Waals surface area contributed by atoms with Gasteiger partial charge in [0.15, 0.2) is 11.5 Å². The second-order valence-electron chi connectivity index (χ2n) is 6.86. The van der Waals surface area contributed by atoms with E-state index in [1.807, 2.05) is 66.7 Å². The van der Waals surface area contributed by atoms with Crippen molar-refractivity contribution in [2.24, 2.45) is 5.92 Å². The molecule has 3 nitrogen and oxygen atoms in total. The highest BCUT2D eigenvalue weighted by molar-refractivity contribution is 5.47. The fourth-order valence-corrected chi connectivity index (χ4v) is 3.41. The van der Waals surface area contributed by atoms with Crippen LogP contribution in [-0.4, -0.2) is 25.9 Å². The highest BCUT2D eigenvalue weighted by Gasteiger charge is 2.23. The molecule has 0 heterocycles.